The van der Waals surface area contributed by atoms with Gasteiger partial charge in [-0.2, -0.15) is 0 Å². The van der Waals surface area contributed by atoms with E-state index in [4.69, 9.17) is 4.42 Å². The van der Waals surface area contributed by atoms with E-state index in [1.165, 1.54) is 25.0 Å². The van der Waals surface area contributed by atoms with Crippen LogP contribution in [0.5, 0.6) is 0 Å². The summed E-state index contributed by atoms with van der Waals surface area (Å²) in [6, 6.07) is 13.3. The second-order valence-corrected chi connectivity index (χ2v) is 8.56. The standard InChI is InChI=1S/C20H20OS2/c1-12(2)17-6-5-15(21-17)10-13(3)19-11-14-4-7-18-16(8-9-22-18)20(14)23-19/h4-9,11-13H,10H2,1-3H3. The first-order valence-electron chi connectivity index (χ1n) is 8.10. The summed E-state index contributed by atoms with van der Waals surface area (Å²) in [5.74, 6) is 3.12. The van der Waals surface area contributed by atoms with Gasteiger partial charge in [0.25, 0.3) is 0 Å². The predicted octanol–water partition coefficient (Wildman–Crippen LogP) is 7.18. The Kier molecular flexibility index (Phi) is 3.78. The van der Waals surface area contributed by atoms with E-state index >= 15 is 0 Å². The molecular weight excluding hydrogens is 320 g/mol. The molecule has 1 aromatic carbocycles. The van der Waals surface area contributed by atoms with Crippen LogP contribution in [0, 0.1) is 0 Å². The Balaban J connectivity index is 1.64. The molecule has 23 heavy (non-hydrogen) atoms. The quantitative estimate of drug-likeness (QED) is 0.383. The lowest BCUT2D eigenvalue weighted by Gasteiger charge is -2.07. The van der Waals surface area contributed by atoms with Crippen LogP contribution in [0.2, 0.25) is 0 Å². The maximum Gasteiger partial charge on any atom is 0.106 e. The summed E-state index contributed by atoms with van der Waals surface area (Å²) in [6.45, 7) is 6.64. The van der Waals surface area contributed by atoms with Crippen LogP contribution in [0.25, 0.3) is 20.2 Å². The van der Waals surface area contributed by atoms with Gasteiger partial charge in [0.1, 0.15) is 11.5 Å². The molecule has 3 heteroatoms. The number of benzene rings is 1. The molecule has 0 amide bonds. The van der Waals surface area contributed by atoms with Crippen molar-refractivity contribution in [2.45, 2.75) is 39.0 Å². The second-order valence-electron chi connectivity index (χ2n) is 6.53. The highest BCUT2D eigenvalue weighted by atomic mass is 32.1. The van der Waals surface area contributed by atoms with Crippen molar-refractivity contribution < 1.29 is 4.42 Å². The second kappa shape index (κ2) is 5.81. The van der Waals surface area contributed by atoms with Crippen LogP contribution in [0.1, 0.15) is 49.0 Å². The first-order chi connectivity index (χ1) is 11.1. The highest BCUT2D eigenvalue weighted by Crippen LogP contribution is 2.38. The van der Waals surface area contributed by atoms with Crippen LogP contribution in [0.4, 0.5) is 0 Å². The molecule has 118 valence electrons. The average Bonchev–Trinajstić information content (AvgIpc) is 3.24. The molecule has 0 fully saturated rings. The van der Waals surface area contributed by atoms with Crippen molar-refractivity contribution in [1.82, 2.24) is 0 Å². The van der Waals surface area contributed by atoms with Crippen molar-refractivity contribution >= 4 is 42.8 Å². The third-order valence-corrected chi connectivity index (χ3v) is 6.68. The van der Waals surface area contributed by atoms with Crippen LogP contribution in [-0.4, -0.2) is 0 Å². The Morgan fingerprint density at radius 1 is 1.04 bits per heavy atom. The summed E-state index contributed by atoms with van der Waals surface area (Å²) < 4.78 is 8.78. The van der Waals surface area contributed by atoms with Crippen molar-refractivity contribution in [2.75, 3.05) is 0 Å². The lowest BCUT2D eigenvalue weighted by atomic mass is 10.0. The molecule has 4 rings (SSSR count). The van der Waals surface area contributed by atoms with Crippen LogP contribution in [-0.2, 0) is 6.42 Å². The summed E-state index contributed by atoms with van der Waals surface area (Å²) in [7, 11) is 0. The Morgan fingerprint density at radius 3 is 2.70 bits per heavy atom. The van der Waals surface area contributed by atoms with Crippen molar-refractivity contribution in [1.29, 1.82) is 0 Å². The van der Waals surface area contributed by atoms with E-state index in [2.05, 4.69) is 62.5 Å². The van der Waals surface area contributed by atoms with E-state index in [1.807, 2.05) is 22.7 Å². The van der Waals surface area contributed by atoms with Crippen LogP contribution < -0.4 is 0 Å². The maximum absolute atomic E-state index is 5.98. The minimum atomic E-state index is 0.454. The van der Waals surface area contributed by atoms with Gasteiger partial charge in [-0.05, 0) is 47.0 Å². The van der Waals surface area contributed by atoms with Gasteiger partial charge in [0.2, 0.25) is 0 Å². The zero-order valence-corrected chi connectivity index (χ0v) is 15.3. The molecule has 0 bridgehead atoms. The van der Waals surface area contributed by atoms with Gasteiger partial charge in [-0.1, -0.05) is 26.8 Å². The number of fused-ring (bicyclic) bond motifs is 3. The van der Waals surface area contributed by atoms with E-state index in [-0.39, 0.29) is 0 Å². The Labute approximate surface area is 144 Å². The molecule has 1 atom stereocenters. The molecule has 0 saturated heterocycles. The molecular formula is C20H20OS2. The summed E-state index contributed by atoms with van der Waals surface area (Å²) >= 11 is 3.76. The lowest BCUT2D eigenvalue weighted by Crippen LogP contribution is -1.94. The number of rotatable bonds is 4. The molecule has 0 N–H and O–H groups in total. The summed E-state index contributed by atoms with van der Waals surface area (Å²) in [4.78, 5) is 1.45. The van der Waals surface area contributed by atoms with E-state index in [0.717, 1.165) is 17.9 Å². The third-order valence-electron chi connectivity index (χ3n) is 4.38. The zero-order chi connectivity index (χ0) is 16.0. The van der Waals surface area contributed by atoms with Crippen molar-refractivity contribution in [3.8, 4) is 0 Å². The number of furan rings is 1. The van der Waals surface area contributed by atoms with E-state index in [0.29, 0.717) is 11.8 Å². The molecule has 0 aliphatic carbocycles. The largest absolute Gasteiger partial charge is 0.466 e. The minimum absolute atomic E-state index is 0.454. The molecule has 0 radical (unpaired) electrons. The van der Waals surface area contributed by atoms with Crippen LogP contribution in [0.3, 0.4) is 0 Å². The molecule has 0 aliphatic heterocycles. The molecule has 0 spiro atoms. The van der Waals surface area contributed by atoms with Gasteiger partial charge in [-0.15, -0.1) is 22.7 Å². The first kappa shape index (κ1) is 15.0. The molecule has 1 unspecified atom stereocenters. The minimum Gasteiger partial charge on any atom is -0.466 e. The number of thiophene rings is 2. The van der Waals surface area contributed by atoms with Crippen molar-refractivity contribution in [2.24, 2.45) is 0 Å². The van der Waals surface area contributed by atoms with Gasteiger partial charge >= 0.3 is 0 Å². The fraction of sp³-hybridized carbons (Fsp3) is 0.300. The normalized spacial score (nSPS) is 13.4. The van der Waals surface area contributed by atoms with Gasteiger partial charge in [-0.3, -0.25) is 0 Å². The highest BCUT2D eigenvalue weighted by Gasteiger charge is 2.15. The average molecular weight is 341 g/mol. The fourth-order valence-corrected chi connectivity index (χ4v) is 5.12. The van der Waals surface area contributed by atoms with Crippen LogP contribution in [0.15, 0.2) is 46.2 Å². The maximum atomic E-state index is 5.98. The van der Waals surface area contributed by atoms with Crippen molar-refractivity contribution in [3.63, 3.8) is 0 Å². The topological polar surface area (TPSA) is 13.1 Å². The lowest BCUT2D eigenvalue weighted by molar-refractivity contribution is 0.438. The molecule has 0 aliphatic rings. The fourth-order valence-electron chi connectivity index (χ4n) is 3.02. The molecule has 3 aromatic heterocycles. The molecule has 4 aromatic rings. The highest BCUT2D eigenvalue weighted by molar-refractivity contribution is 7.22. The monoisotopic (exact) mass is 340 g/mol. The van der Waals surface area contributed by atoms with E-state index in [9.17, 15) is 0 Å². The van der Waals surface area contributed by atoms with Crippen LogP contribution >= 0.6 is 22.7 Å². The Hall–Kier alpha value is -1.58. The van der Waals surface area contributed by atoms with Gasteiger partial charge in [0, 0.05) is 32.0 Å². The first-order valence-corrected chi connectivity index (χ1v) is 9.79. The predicted molar refractivity (Wildman–Crippen MR) is 102 cm³/mol. The molecule has 1 nitrogen and oxygen atoms in total. The Bertz CT molecular complexity index is 954. The van der Waals surface area contributed by atoms with Gasteiger partial charge in [0.15, 0.2) is 0 Å². The van der Waals surface area contributed by atoms with Gasteiger partial charge in [0.05, 0.1) is 0 Å². The number of hydrogen-bond donors (Lipinski definition) is 0. The molecule has 0 saturated carbocycles. The van der Waals surface area contributed by atoms with Crippen molar-refractivity contribution in [3.05, 3.63) is 58.2 Å². The Morgan fingerprint density at radius 2 is 1.91 bits per heavy atom. The molecule has 3 heterocycles. The third kappa shape index (κ3) is 2.73. The van der Waals surface area contributed by atoms with E-state index in [1.54, 1.807) is 0 Å². The number of hydrogen-bond acceptors (Lipinski definition) is 3. The SMILES string of the molecule is CC(C)c1ccc(CC(C)c2cc3ccc4sccc4c3s2)o1. The summed E-state index contributed by atoms with van der Waals surface area (Å²) in [6.07, 6.45) is 0.965. The zero-order valence-electron chi connectivity index (χ0n) is 13.6. The van der Waals surface area contributed by atoms with E-state index < -0.39 is 0 Å². The summed E-state index contributed by atoms with van der Waals surface area (Å²) in [5.41, 5.74) is 0. The summed E-state index contributed by atoms with van der Waals surface area (Å²) in [5, 5.41) is 4.95. The van der Waals surface area contributed by atoms with Gasteiger partial charge < -0.3 is 4.42 Å². The smallest absolute Gasteiger partial charge is 0.106 e. The van der Waals surface area contributed by atoms with Gasteiger partial charge in [-0.25, -0.2) is 0 Å².